The van der Waals surface area contributed by atoms with Gasteiger partial charge in [0.15, 0.2) is 5.78 Å². The van der Waals surface area contributed by atoms with Gasteiger partial charge in [0.25, 0.3) is 0 Å². The zero-order chi connectivity index (χ0) is 10.1. The maximum absolute atomic E-state index is 11.2. The number of carbonyl (C=O) groups excluding carboxylic acids is 2. The molecular weight excluding hydrogens is 172 g/mol. The number of rotatable bonds is 3. The fourth-order valence-electron chi connectivity index (χ4n) is 1.22. The van der Waals surface area contributed by atoms with Crippen molar-refractivity contribution in [3.8, 4) is 0 Å². The first-order valence-electron chi connectivity index (χ1n) is 4.03. The van der Waals surface area contributed by atoms with E-state index in [-0.39, 0.29) is 11.5 Å². The van der Waals surface area contributed by atoms with Crippen molar-refractivity contribution in [3.63, 3.8) is 0 Å². The first kappa shape index (κ1) is 9.77. The van der Waals surface area contributed by atoms with Gasteiger partial charge in [-0.15, -0.1) is 0 Å². The number of allylic oxidation sites excluding steroid dienone is 1. The first-order chi connectivity index (χ1) is 6.03. The van der Waals surface area contributed by atoms with Crippen molar-refractivity contribution >= 4 is 11.8 Å². The van der Waals surface area contributed by atoms with Crippen LogP contribution in [0.4, 0.5) is 0 Å². The molecule has 0 heterocycles. The average Bonchev–Trinajstić information content (AvgIpc) is 2.82. The quantitative estimate of drug-likeness (QED) is 0.403. The number of ether oxygens (including phenoxy) is 1. The second-order valence-corrected chi connectivity index (χ2v) is 3.21. The fraction of sp³-hybridized carbons (Fsp3) is 0.556. The Labute approximate surface area is 76.2 Å². The summed E-state index contributed by atoms with van der Waals surface area (Å²) in [6.45, 7) is 1.32. The standard InChI is InChI=1S/C9H12O4/c1-6(10)5-7(11)9(3-4-9)8(12)13-2/h5,11H,3-4H2,1-2H3/b7-5-. The summed E-state index contributed by atoms with van der Waals surface area (Å²) >= 11 is 0. The van der Waals surface area contributed by atoms with E-state index in [9.17, 15) is 14.7 Å². The van der Waals surface area contributed by atoms with Crippen LogP contribution in [0.15, 0.2) is 11.8 Å². The summed E-state index contributed by atoms with van der Waals surface area (Å²) in [5.74, 6) is -0.915. The van der Waals surface area contributed by atoms with Crippen LogP contribution in [0.1, 0.15) is 19.8 Å². The Bertz CT molecular complexity index is 273. The van der Waals surface area contributed by atoms with Gasteiger partial charge in [-0.05, 0) is 19.8 Å². The fourth-order valence-corrected chi connectivity index (χ4v) is 1.22. The van der Waals surface area contributed by atoms with E-state index in [4.69, 9.17) is 0 Å². The number of carbonyl (C=O) groups is 2. The highest BCUT2D eigenvalue weighted by atomic mass is 16.5. The summed E-state index contributed by atoms with van der Waals surface area (Å²) < 4.78 is 4.53. The third-order valence-electron chi connectivity index (χ3n) is 2.16. The third-order valence-corrected chi connectivity index (χ3v) is 2.16. The summed E-state index contributed by atoms with van der Waals surface area (Å²) in [5, 5.41) is 9.45. The zero-order valence-electron chi connectivity index (χ0n) is 7.66. The Balaban J connectivity index is 2.82. The van der Waals surface area contributed by atoms with Crippen molar-refractivity contribution in [2.45, 2.75) is 19.8 Å². The number of ketones is 1. The normalized spacial score (nSPS) is 19.4. The molecule has 4 heteroatoms. The van der Waals surface area contributed by atoms with Crippen molar-refractivity contribution < 1.29 is 19.4 Å². The van der Waals surface area contributed by atoms with E-state index in [1.165, 1.54) is 14.0 Å². The molecule has 1 N–H and O–H groups in total. The molecule has 72 valence electrons. The lowest BCUT2D eigenvalue weighted by Gasteiger charge is -2.10. The number of hydrogen-bond donors (Lipinski definition) is 1. The van der Waals surface area contributed by atoms with Crippen LogP contribution in [-0.4, -0.2) is 24.0 Å². The molecular formula is C9H12O4. The molecule has 0 unspecified atom stereocenters. The molecule has 1 aliphatic carbocycles. The highest BCUT2D eigenvalue weighted by Gasteiger charge is 2.55. The van der Waals surface area contributed by atoms with E-state index in [2.05, 4.69) is 4.74 Å². The van der Waals surface area contributed by atoms with Crippen molar-refractivity contribution in [3.05, 3.63) is 11.8 Å². The van der Waals surface area contributed by atoms with Crippen molar-refractivity contribution in [2.24, 2.45) is 5.41 Å². The van der Waals surface area contributed by atoms with Crippen molar-refractivity contribution in [1.82, 2.24) is 0 Å². The molecule has 1 rings (SSSR count). The third kappa shape index (κ3) is 1.71. The monoisotopic (exact) mass is 184 g/mol. The van der Waals surface area contributed by atoms with Gasteiger partial charge in [-0.25, -0.2) is 0 Å². The van der Waals surface area contributed by atoms with Crippen molar-refractivity contribution in [1.29, 1.82) is 0 Å². The molecule has 4 nitrogen and oxygen atoms in total. The summed E-state index contributed by atoms with van der Waals surface area (Å²) in [5.41, 5.74) is -0.916. The van der Waals surface area contributed by atoms with Gasteiger partial charge >= 0.3 is 5.97 Å². The van der Waals surface area contributed by atoms with E-state index in [1.54, 1.807) is 0 Å². The lowest BCUT2D eigenvalue weighted by atomic mass is 10.0. The molecule has 0 amide bonds. The van der Waals surface area contributed by atoms with Crippen LogP contribution >= 0.6 is 0 Å². The second-order valence-electron chi connectivity index (χ2n) is 3.21. The number of esters is 1. The minimum Gasteiger partial charge on any atom is -0.511 e. The van der Waals surface area contributed by atoms with Gasteiger partial charge in [0.1, 0.15) is 11.2 Å². The Morgan fingerprint density at radius 1 is 1.46 bits per heavy atom. The number of aliphatic hydroxyl groups is 1. The average molecular weight is 184 g/mol. The van der Waals surface area contributed by atoms with Crippen LogP contribution in [0, 0.1) is 5.41 Å². The van der Waals surface area contributed by atoms with E-state index in [0.717, 1.165) is 6.08 Å². The zero-order valence-corrected chi connectivity index (χ0v) is 7.66. The molecule has 1 saturated carbocycles. The van der Waals surface area contributed by atoms with E-state index < -0.39 is 11.4 Å². The molecule has 1 aliphatic rings. The summed E-state index contributed by atoms with van der Waals surface area (Å²) in [6.07, 6.45) is 2.18. The molecule has 0 aromatic rings. The second kappa shape index (κ2) is 3.20. The smallest absolute Gasteiger partial charge is 0.319 e. The van der Waals surface area contributed by atoms with Crippen LogP contribution < -0.4 is 0 Å². The molecule has 0 saturated heterocycles. The number of methoxy groups -OCH3 is 1. The topological polar surface area (TPSA) is 63.6 Å². The Morgan fingerprint density at radius 2 is 2.00 bits per heavy atom. The van der Waals surface area contributed by atoms with E-state index in [1.807, 2.05) is 0 Å². The lowest BCUT2D eigenvalue weighted by Crippen LogP contribution is -2.20. The summed E-state index contributed by atoms with van der Waals surface area (Å²) in [6, 6.07) is 0. The molecule has 0 bridgehead atoms. The minimum atomic E-state index is -0.916. The highest BCUT2D eigenvalue weighted by molar-refractivity contribution is 5.91. The number of hydrogen-bond acceptors (Lipinski definition) is 4. The molecule has 0 aliphatic heterocycles. The van der Waals surface area contributed by atoms with Gasteiger partial charge in [-0.2, -0.15) is 0 Å². The molecule has 1 fully saturated rings. The van der Waals surface area contributed by atoms with Gasteiger partial charge in [0.05, 0.1) is 7.11 Å². The van der Waals surface area contributed by atoms with Crippen LogP contribution in [0.3, 0.4) is 0 Å². The number of aliphatic hydroxyl groups excluding tert-OH is 1. The van der Waals surface area contributed by atoms with Crippen molar-refractivity contribution in [2.75, 3.05) is 7.11 Å². The minimum absolute atomic E-state index is 0.174. The first-order valence-corrected chi connectivity index (χ1v) is 4.03. The Morgan fingerprint density at radius 3 is 2.31 bits per heavy atom. The van der Waals surface area contributed by atoms with Gasteiger partial charge in [0, 0.05) is 6.08 Å². The van der Waals surface area contributed by atoms with E-state index >= 15 is 0 Å². The maximum atomic E-state index is 11.2. The van der Waals surface area contributed by atoms with E-state index in [0.29, 0.717) is 12.8 Å². The molecule has 0 spiro atoms. The molecule has 0 aromatic carbocycles. The van der Waals surface area contributed by atoms with Gasteiger partial charge in [0.2, 0.25) is 0 Å². The van der Waals surface area contributed by atoms with Gasteiger partial charge in [-0.3, -0.25) is 9.59 Å². The predicted molar refractivity (Wildman–Crippen MR) is 45.1 cm³/mol. The molecule has 13 heavy (non-hydrogen) atoms. The Kier molecular flexibility index (Phi) is 2.40. The van der Waals surface area contributed by atoms with Gasteiger partial charge in [-0.1, -0.05) is 0 Å². The maximum Gasteiger partial charge on any atom is 0.319 e. The van der Waals surface area contributed by atoms with Crippen LogP contribution in [-0.2, 0) is 14.3 Å². The molecule has 0 radical (unpaired) electrons. The lowest BCUT2D eigenvalue weighted by molar-refractivity contribution is -0.146. The Hall–Kier alpha value is -1.32. The summed E-state index contributed by atoms with van der Waals surface area (Å²) in [4.78, 5) is 21.8. The predicted octanol–water partition coefficient (Wildman–Crippen LogP) is 0.970. The van der Waals surface area contributed by atoms with Gasteiger partial charge < -0.3 is 9.84 Å². The molecule has 0 aromatic heterocycles. The van der Waals surface area contributed by atoms with Crippen LogP contribution in [0.2, 0.25) is 0 Å². The highest BCUT2D eigenvalue weighted by Crippen LogP contribution is 2.51. The van der Waals surface area contributed by atoms with Crippen LogP contribution in [0.5, 0.6) is 0 Å². The van der Waals surface area contributed by atoms with Crippen LogP contribution in [0.25, 0.3) is 0 Å². The largest absolute Gasteiger partial charge is 0.511 e. The molecule has 0 atom stereocenters. The SMILES string of the molecule is COC(=O)C1(/C(O)=C/C(C)=O)CC1. The summed E-state index contributed by atoms with van der Waals surface area (Å²) in [7, 11) is 1.27.